The molecule has 110 valence electrons. The van der Waals surface area contributed by atoms with Gasteiger partial charge in [0.25, 0.3) is 0 Å². The minimum atomic E-state index is 0.220. The maximum absolute atomic E-state index is 11.9. The summed E-state index contributed by atoms with van der Waals surface area (Å²) in [5.74, 6) is 1.26. The number of rotatable bonds is 6. The van der Waals surface area contributed by atoms with Crippen LogP contribution in [0.3, 0.4) is 0 Å². The molecule has 1 amide bonds. The van der Waals surface area contributed by atoms with Crippen LogP contribution in [0.5, 0.6) is 0 Å². The molecule has 1 rings (SSSR count). The van der Waals surface area contributed by atoms with Gasteiger partial charge in [0.2, 0.25) is 5.91 Å². The van der Waals surface area contributed by atoms with Crippen molar-refractivity contribution in [2.24, 2.45) is 10.9 Å². The van der Waals surface area contributed by atoms with Crippen molar-refractivity contribution in [3.63, 3.8) is 0 Å². The molecule has 0 spiro atoms. The summed E-state index contributed by atoms with van der Waals surface area (Å²) in [6.07, 6.45) is 6.86. The molecule has 5 nitrogen and oxygen atoms in total. The number of nitrogens with zero attached hydrogens (tertiary/aromatic N) is 1. The Morgan fingerprint density at radius 2 is 1.68 bits per heavy atom. The molecular weight excluding hydrogens is 240 g/mol. The van der Waals surface area contributed by atoms with Crippen molar-refractivity contribution in [3.05, 3.63) is 0 Å². The molecule has 0 heterocycles. The second-order valence-electron chi connectivity index (χ2n) is 5.05. The largest absolute Gasteiger partial charge is 0.356 e. The molecule has 5 heteroatoms. The normalized spacial score (nSPS) is 17.1. The topological polar surface area (TPSA) is 65.5 Å². The fourth-order valence-corrected chi connectivity index (χ4v) is 2.34. The van der Waals surface area contributed by atoms with Crippen LogP contribution in [0.25, 0.3) is 0 Å². The molecule has 0 aromatic rings. The molecule has 0 atom stereocenters. The van der Waals surface area contributed by atoms with Crippen LogP contribution in [0.15, 0.2) is 4.99 Å². The number of amides is 1. The first-order chi connectivity index (χ1) is 9.27. The van der Waals surface area contributed by atoms with Crippen molar-refractivity contribution in [1.82, 2.24) is 16.0 Å². The van der Waals surface area contributed by atoms with Crippen LogP contribution in [-0.2, 0) is 4.79 Å². The van der Waals surface area contributed by atoms with Gasteiger partial charge in [-0.1, -0.05) is 26.2 Å². The predicted molar refractivity (Wildman–Crippen MR) is 79.2 cm³/mol. The Balaban J connectivity index is 2.10. The van der Waals surface area contributed by atoms with Gasteiger partial charge in [0.1, 0.15) is 0 Å². The van der Waals surface area contributed by atoms with E-state index in [1.54, 1.807) is 7.05 Å². The summed E-state index contributed by atoms with van der Waals surface area (Å²) in [7, 11) is 1.76. The standard InChI is InChI=1S/C14H28N4O/c1-3-9-17-14(15-2)18-11-10-16-13(19)12-7-5-4-6-8-12/h12H,3-11H2,1-2H3,(H,16,19)(H2,15,17,18). The summed E-state index contributed by atoms with van der Waals surface area (Å²) in [5, 5.41) is 9.39. The predicted octanol–water partition coefficient (Wildman–Crippen LogP) is 1.26. The van der Waals surface area contributed by atoms with Gasteiger partial charge in [-0.2, -0.15) is 0 Å². The molecule has 0 aromatic heterocycles. The molecule has 0 radical (unpaired) electrons. The van der Waals surface area contributed by atoms with Crippen LogP contribution >= 0.6 is 0 Å². The summed E-state index contributed by atoms with van der Waals surface area (Å²) < 4.78 is 0. The van der Waals surface area contributed by atoms with E-state index in [0.29, 0.717) is 13.1 Å². The smallest absolute Gasteiger partial charge is 0.223 e. The van der Waals surface area contributed by atoms with Crippen molar-refractivity contribution >= 4 is 11.9 Å². The number of carbonyl (C=O) groups excluding carboxylic acids is 1. The van der Waals surface area contributed by atoms with E-state index >= 15 is 0 Å². The van der Waals surface area contributed by atoms with E-state index in [1.165, 1.54) is 19.3 Å². The van der Waals surface area contributed by atoms with Gasteiger partial charge in [0, 0.05) is 32.6 Å². The number of nitrogens with one attached hydrogen (secondary N) is 3. The minimum Gasteiger partial charge on any atom is -0.356 e. The molecule has 19 heavy (non-hydrogen) atoms. The molecule has 0 aliphatic heterocycles. The van der Waals surface area contributed by atoms with Gasteiger partial charge >= 0.3 is 0 Å². The SMILES string of the molecule is CCCNC(=NC)NCCNC(=O)C1CCCCC1. The first kappa shape index (κ1) is 15.8. The molecule has 1 saturated carbocycles. The zero-order chi connectivity index (χ0) is 13.9. The summed E-state index contributed by atoms with van der Waals surface area (Å²) >= 11 is 0. The van der Waals surface area contributed by atoms with Crippen molar-refractivity contribution in [2.75, 3.05) is 26.7 Å². The van der Waals surface area contributed by atoms with Gasteiger partial charge in [-0.3, -0.25) is 9.79 Å². The summed E-state index contributed by atoms with van der Waals surface area (Å²) in [5.41, 5.74) is 0. The second kappa shape index (κ2) is 9.64. The van der Waals surface area contributed by atoms with E-state index in [-0.39, 0.29) is 11.8 Å². The lowest BCUT2D eigenvalue weighted by Gasteiger charge is -2.20. The number of hydrogen-bond donors (Lipinski definition) is 3. The number of hydrogen-bond acceptors (Lipinski definition) is 2. The lowest BCUT2D eigenvalue weighted by Crippen LogP contribution is -2.42. The van der Waals surface area contributed by atoms with E-state index in [4.69, 9.17) is 0 Å². The molecular formula is C14H28N4O. The van der Waals surface area contributed by atoms with E-state index in [2.05, 4.69) is 27.9 Å². The van der Waals surface area contributed by atoms with Crippen LogP contribution in [0, 0.1) is 5.92 Å². The lowest BCUT2D eigenvalue weighted by atomic mass is 9.89. The molecule has 0 aromatic carbocycles. The van der Waals surface area contributed by atoms with Crippen LogP contribution in [-0.4, -0.2) is 38.5 Å². The number of aliphatic imine (C=N–C) groups is 1. The zero-order valence-electron chi connectivity index (χ0n) is 12.3. The summed E-state index contributed by atoms with van der Waals surface area (Å²) in [6, 6.07) is 0. The van der Waals surface area contributed by atoms with Gasteiger partial charge in [-0.05, 0) is 19.3 Å². The van der Waals surface area contributed by atoms with Crippen molar-refractivity contribution in [2.45, 2.75) is 45.4 Å². The second-order valence-corrected chi connectivity index (χ2v) is 5.05. The third kappa shape index (κ3) is 6.45. The summed E-state index contributed by atoms with van der Waals surface area (Å²) in [6.45, 7) is 4.39. The molecule has 1 aliphatic carbocycles. The molecule has 3 N–H and O–H groups in total. The third-order valence-electron chi connectivity index (χ3n) is 3.46. The van der Waals surface area contributed by atoms with Crippen LogP contribution < -0.4 is 16.0 Å². The maximum Gasteiger partial charge on any atom is 0.223 e. The fourth-order valence-electron chi connectivity index (χ4n) is 2.34. The van der Waals surface area contributed by atoms with Crippen molar-refractivity contribution in [3.8, 4) is 0 Å². The highest BCUT2D eigenvalue weighted by Crippen LogP contribution is 2.23. The van der Waals surface area contributed by atoms with E-state index in [0.717, 1.165) is 31.8 Å². The van der Waals surface area contributed by atoms with E-state index < -0.39 is 0 Å². The Bertz CT molecular complexity index is 285. The molecule has 0 saturated heterocycles. The minimum absolute atomic E-state index is 0.220. The summed E-state index contributed by atoms with van der Waals surface area (Å²) in [4.78, 5) is 16.0. The molecule has 0 bridgehead atoms. The van der Waals surface area contributed by atoms with Gasteiger partial charge in [0.05, 0.1) is 0 Å². The Morgan fingerprint density at radius 1 is 1.05 bits per heavy atom. The molecule has 1 fully saturated rings. The average molecular weight is 268 g/mol. The van der Waals surface area contributed by atoms with E-state index in [9.17, 15) is 4.79 Å². The number of guanidine groups is 1. The Morgan fingerprint density at radius 3 is 2.32 bits per heavy atom. The first-order valence-electron chi connectivity index (χ1n) is 7.50. The van der Waals surface area contributed by atoms with Gasteiger partial charge < -0.3 is 16.0 Å². The maximum atomic E-state index is 11.9. The van der Waals surface area contributed by atoms with Gasteiger partial charge in [-0.15, -0.1) is 0 Å². The number of carbonyl (C=O) groups is 1. The van der Waals surface area contributed by atoms with Crippen molar-refractivity contribution < 1.29 is 4.79 Å². The monoisotopic (exact) mass is 268 g/mol. The Kier molecular flexibility index (Phi) is 8.02. The molecule has 0 unspecified atom stereocenters. The lowest BCUT2D eigenvalue weighted by molar-refractivity contribution is -0.125. The highest BCUT2D eigenvalue weighted by atomic mass is 16.1. The Hall–Kier alpha value is -1.26. The van der Waals surface area contributed by atoms with E-state index in [1.807, 2.05) is 0 Å². The van der Waals surface area contributed by atoms with Crippen LogP contribution in [0.1, 0.15) is 45.4 Å². The average Bonchev–Trinajstić information content (AvgIpc) is 2.47. The quantitative estimate of drug-likeness (QED) is 0.386. The van der Waals surface area contributed by atoms with Gasteiger partial charge in [0.15, 0.2) is 5.96 Å². The highest BCUT2D eigenvalue weighted by Gasteiger charge is 2.20. The van der Waals surface area contributed by atoms with Crippen molar-refractivity contribution in [1.29, 1.82) is 0 Å². The fraction of sp³-hybridized carbons (Fsp3) is 0.857. The first-order valence-corrected chi connectivity index (χ1v) is 7.50. The Labute approximate surface area is 116 Å². The highest BCUT2D eigenvalue weighted by molar-refractivity contribution is 5.80. The van der Waals surface area contributed by atoms with Crippen LogP contribution in [0.4, 0.5) is 0 Å². The third-order valence-corrected chi connectivity index (χ3v) is 3.46. The van der Waals surface area contributed by atoms with Crippen LogP contribution in [0.2, 0.25) is 0 Å². The molecule has 1 aliphatic rings. The zero-order valence-corrected chi connectivity index (χ0v) is 12.3. The van der Waals surface area contributed by atoms with Gasteiger partial charge in [-0.25, -0.2) is 0 Å².